The second-order valence-corrected chi connectivity index (χ2v) is 7.53. The number of H-pyrrole nitrogens is 1. The van der Waals surface area contributed by atoms with Gasteiger partial charge in [0.2, 0.25) is 5.95 Å². The molecule has 152 valence electrons. The molecule has 4 rings (SSSR count). The maximum absolute atomic E-state index is 12.5. The molecule has 2 aromatic heterocycles. The highest BCUT2D eigenvalue weighted by atomic mass is 16.1. The zero-order valence-electron chi connectivity index (χ0n) is 17.1. The van der Waals surface area contributed by atoms with Crippen LogP contribution in [-0.2, 0) is 6.42 Å². The molecule has 3 N–H and O–H groups in total. The van der Waals surface area contributed by atoms with Crippen molar-refractivity contribution < 1.29 is 4.79 Å². The highest BCUT2D eigenvalue weighted by Crippen LogP contribution is 2.19. The SMILES string of the molecule is CC(C)c1ccc(Nc2nccc(C(=O)NCCc3c[nH]c4ccccc34)n2)cc1. The number of nitrogens with zero attached hydrogens (tertiary/aromatic N) is 2. The van der Waals surface area contributed by atoms with E-state index in [0.29, 0.717) is 24.1 Å². The molecule has 0 aliphatic carbocycles. The smallest absolute Gasteiger partial charge is 0.270 e. The Kier molecular flexibility index (Phi) is 5.75. The molecule has 0 spiro atoms. The molecule has 6 heteroatoms. The third-order valence-corrected chi connectivity index (χ3v) is 5.08. The largest absolute Gasteiger partial charge is 0.361 e. The van der Waals surface area contributed by atoms with Crippen LogP contribution in [0.1, 0.15) is 41.4 Å². The summed E-state index contributed by atoms with van der Waals surface area (Å²) in [4.78, 5) is 24.4. The van der Waals surface area contributed by atoms with E-state index in [0.717, 1.165) is 17.6 Å². The van der Waals surface area contributed by atoms with Gasteiger partial charge in [0.1, 0.15) is 5.69 Å². The maximum Gasteiger partial charge on any atom is 0.270 e. The summed E-state index contributed by atoms with van der Waals surface area (Å²) >= 11 is 0. The summed E-state index contributed by atoms with van der Waals surface area (Å²) in [5.74, 6) is 0.665. The van der Waals surface area contributed by atoms with Crippen LogP contribution in [0.2, 0.25) is 0 Å². The van der Waals surface area contributed by atoms with Gasteiger partial charge < -0.3 is 15.6 Å². The number of anilines is 2. The molecule has 2 aromatic carbocycles. The fourth-order valence-corrected chi connectivity index (χ4v) is 3.37. The topological polar surface area (TPSA) is 82.7 Å². The lowest BCUT2D eigenvalue weighted by atomic mass is 10.0. The molecule has 0 aliphatic rings. The number of hydrogen-bond donors (Lipinski definition) is 3. The van der Waals surface area contributed by atoms with Crippen molar-refractivity contribution in [3.63, 3.8) is 0 Å². The number of carbonyl (C=O) groups is 1. The molecule has 0 aliphatic heterocycles. The molecule has 4 aromatic rings. The van der Waals surface area contributed by atoms with Crippen molar-refractivity contribution in [2.75, 3.05) is 11.9 Å². The quantitative estimate of drug-likeness (QED) is 0.417. The van der Waals surface area contributed by atoms with Crippen LogP contribution >= 0.6 is 0 Å². The number of aromatic amines is 1. The van der Waals surface area contributed by atoms with Gasteiger partial charge >= 0.3 is 0 Å². The van der Waals surface area contributed by atoms with Gasteiger partial charge in [-0.3, -0.25) is 4.79 Å². The fourth-order valence-electron chi connectivity index (χ4n) is 3.37. The molecule has 2 heterocycles. The summed E-state index contributed by atoms with van der Waals surface area (Å²) in [5.41, 5.74) is 4.78. The monoisotopic (exact) mass is 399 g/mol. The standard InChI is InChI=1S/C24H25N5O/c1-16(2)17-7-9-19(10-8-17)28-24-26-14-12-22(29-24)23(30)25-13-11-18-15-27-21-6-4-3-5-20(18)21/h3-10,12,14-16,27H,11,13H2,1-2H3,(H,25,30)(H,26,28,29). The van der Waals surface area contributed by atoms with Crippen molar-refractivity contribution in [3.05, 3.63) is 83.8 Å². The van der Waals surface area contributed by atoms with Gasteiger partial charge in [0.15, 0.2) is 0 Å². The number of aromatic nitrogens is 3. The molecular weight excluding hydrogens is 374 g/mol. The van der Waals surface area contributed by atoms with Crippen LogP contribution in [0.4, 0.5) is 11.6 Å². The number of hydrogen-bond acceptors (Lipinski definition) is 4. The van der Waals surface area contributed by atoms with E-state index in [1.807, 2.05) is 36.5 Å². The fraction of sp³-hybridized carbons (Fsp3) is 0.208. The summed E-state index contributed by atoms with van der Waals surface area (Å²) in [6.07, 6.45) is 4.33. The van der Waals surface area contributed by atoms with Crippen molar-refractivity contribution >= 4 is 28.4 Å². The first-order chi connectivity index (χ1) is 14.6. The predicted octanol–water partition coefficient (Wildman–Crippen LogP) is 4.80. The molecule has 0 saturated heterocycles. The normalized spacial score (nSPS) is 11.0. The number of rotatable bonds is 7. The van der Waals surface area contributed by atoms with E-state index in [2.05, 4.69) is 57.6 Å². The van der Waals surface area contributed by atoms with Crippen molar-refractivity contribution in [1.82, 2.24) is 20.3 Å². The second kappa shape index (κ2) is 8.78. The highest BCUT2D eigenvalue weighted by Gasteiger charge is 2.10. The molecule has 0 atom stereocenters. The Bertz CT molecular complexity index is 1150. The minimum atomic E-state index is -0.213. The Labute approximate surface area is 175 Å². The summed E-state index contributed by atoms with van der Waals surface area (Å²) in [7, 11) is 0. The average Bonchev–Trinajstić information content (AvgIpc) is 3.17. The number of fused-ring (bicyclic) bond motifs is 1. The van der Waals surface area contributed by atoms with E-state index < -0.39 is 0 Å². The molecule has 6 nitrogen and oxygen atoms in total. The Balaban J connectivity index is 1.36. The summed E-state index contributed by atoms with van der Waals surface area (Å²) in [6.45, 7) is 4.85. The first kappa shape index (κ1) is 19.6. The molecule has 0 saturated carbocycles. The maximum atomic E-state index is 12.5. The van der Waals surface area contributed by atoms with Gasteiger partial charge in [-0.05, 0) is 47.7 Å². The number of para-hydroxylation sites is 1. The molecule has 0 unspecified atom stereocenters. The van der Waals surface area contributed by atoms with E-state index in [4.69, 9.17) is 0 Å². The van der Waals surface area contributed by atoms with Gasteiger partial charge in [0, 0.05) is 35.5 Å². The minimum absolute atomic E-state index is 0.213. The van der Waals surface area contributed by atoms with E-state index in [-0.39, 0.29) is 5.91 Å². The third kappa shape index (κ3) is 4.49. The Morgan fingerprint density at radius 3 is 2.67 bits per heavy atom. The van der Waals surface area contributed by atoms with Crippen LogP contribution in [0, 0.1) is 0 Å². The van der Waals surface area contributed by atoms with Crippen LogP contribution in [0.3, 0.4) is 0 Å². The number of carbonyl (C=O) groups excluding carboxylic acids is 1. The van der Waals surface area contributed by atoms with Crippen molar-refractivity contribution in [3.8, 4) is 0 Å². The number of amides is 1. The Morgan fingerprint density at radius 1 is 1.07 bits per heavy atom. The first-order valence-electron chi connectivity index (χ1n) is 10.1. The zero-order chi connectivity index (χ0) is 20.9. The van der Waals surface area contributed by atoms with E-state index in [1.165, 1.54) is 16.5 Å². The average molecular weight is 399 g/mol. The van der Waals surface area contributed by atoms with Crippen LogP contribution < -0.4 is 10.6 Å². The van der Waals surface area contributed by atoms with E-state index in [1.54, 1.807) is 12.3 Å². The molecule has 0 fully saturated rings. The lowest BCUT2D eigenvalue weighted by Crippen LogP contribution is -2.26. The summed E-state index contributed by atoms with van der Waals surface area (Å²) in [5, 5.41) is 7.28. The lowest BCUT2D eigenvalue weighted by molar-refractivity contribution is 0.0949. The van der Waals surface area contributed by atoms with Crippen LogP contribution in [0.15, 0.2) is 67.0 Å². The van der Waals surface area contributed by atoms with Crippen molar-refractivity contribution in [1.29, 1.82) is 0 Å². The Hall–Kier alpha value is -3.67. The van der Waals surface area contributed by atoms with Crippen LogP contribution in [0.5, 0.6) is 0 Å². The van der Waals surface area contributed by atoms with E-state index >= 15 is 0 Å². The molecular formula is C24H25N5O. The first-order valence-corrected chi connectivity index (χ1v) is 10.1. The summed E-state index contributed by atoms with van der Waals surface area (Å²) in [6, 6.07) is 17.9. The predicted molar refractivity (Wildman–Crippen MR) is 120 cm³/mol. The van der Waals surface area contributed by atoms with Gasteiger partial charge in [0.25, 0.3) is 5.91 Å². The second-order valence-electron chi connectivity index (χ2n) is 7.53. The van der Waals surface area contributed by atoms with Gasteiger partial charge in [-0.15, -0.1) is 0 Å². The third-order valence-electron chi connectivity index (χ3n) is 5.08. The van der Waals surface area contributed by atoms with Crippen LogP contribution in [-0.4, -0.2) is 27.4 Å². The zero-order valence-corrected chi connectivity index (χ0v) is 17.1. The van der Waals surface area contributed by atoms with Crippen LogP contribution in [0.25, 0.3) is 10.9 Å². The highest BCUT2D eigenvalue weighted by molar-refractivity contribution is 5.92. The lowest BCUT2D eigenvalue weighted by Gasteiger charge is -2.09. The van der Waals surface area contributed by atoms with Gasteiger partial charge in [-0.1, -0.05) is 44.2 Å². The molecule has 0 radical (unpaired) electrons. The van der Waals surface area contributed by atoms with Gasteiger partial charge in [0.05, 0.1) is 0 Å². The van der Waals surface area contributed by atoms with Crippen molar-refractivity contribution in [2.45, 2.75) is 26.2 Å². The van der Waals surface area contributed by atoms with Crippen molar-refractivity contribution in [2.24, 2.45) is 0 Å². The minimum Gasteiger partial charge on any atom is -0.361 e. The number of benzene rings is 2. The Morgan fingerprint density at radius 2 is 1.87 bits per heavy atom. The van der Waals surface area contributed by atoms with E-state index in [9.17, 15) is 4.79 Å². The molecule has 30 heavy (non-hydrogen) atoms. The van der Waals surface area contributed by atoms with Gasteiger partial charge in [-0.25, -0.2) is 9.97 Å². The molecule has 1 amide bonds. The number of nitrogens with one attached hydrogen (secondary N) is 3. The van der Waals surface area contributed by atoms with Gasteiger partial charge in [-0.2, -0.15) is 0 Å². The molecule has 0 bridgehead atoms. The summed E-state index contributed by atoms with van der Waals surface area (Å²) < 4.78 is 0.